The lowest BCUT2D eigenvalue weighted by Gasteiger charge is -2.10. The van der Waals surface area contributed by atoms with E-state index in [1.165, 1.54) is 44.1 Å². The van der Waals surface area contributed by atoms with E-state index >= 15 is 0 Å². The molecule has 0 radical (unpaired) electrons. The Kier molecular flexibility index (Phi) is 6.06. The van der Waals surface area contributed by atoms with E-state index in [1.807, 2.05) is 18.5 Å². The van der Waals surface area contributed by atoms with Gasteiger partial charge in [-0.3, -0.25) is 4.98 Å². The number of aromatic nitrogens is 1. The van der Waals surface area contributed by atoms with Crippen molar-refractivity contribution in [1.29, 1.82) is 0 Å². The van der Waals surface area contributed by atoms with Crippen LogP contribution >= 0.6 is 0 Å². The first-order valence-corrected chi connectivity index (χ1v) is 6.21. The number of hydrogen-bond donors (Lipinski definition) is 0. The third kappa shape index (κ3) is 5.56. The van der Waals surface area contributed by atoms with Gasteiger partial charge in [-0.05, 0) is 24.0 Å². The molecule has 0 saturated carbocycles. The molecular weight excluding hydrogens is 182 g/mol. The second-order valence-corrected chi connectivity index (χ2v) is 4.52. The van der Waals surface area contributed by atoms with Gasteiger partial charge in [-0.1, -0.05) is 52.0 Å². The van der Waals surface area contributed by atoms with E-state index in [9.17, 15) is 0 Å². The van der Waals surface area contributed by atoms with Gasteiger partial charge in [0.1, 0.15) is 0 Å². The van der Waals surface area contributed by atoms with Crippen LogP contribution in [0.15, 0.2) is 24.5 Å². The normalized spacial score (nSPS) is 12.7. The molecule has 0 aromatic carbocycles. The molecule has 0 aliphatic heterocycles. The van der Waals surface area contributed by atoms with Crippen LogP contribution in [-0.4, -0.2) is 4.98 Å². The van der Waals surface area contributed by atoms with Crippen molar-refractivity contribution in [1.82, 2.24) is 4.98 Å². The zero-order valence-corrected chi connectivity index (χ0v) is 10.1. The molecule has 0 aliphatic rings. The van der Waals surface area contributed by atoms with Crippen molar-refractivity contribution in [2.24, 2.45) is 5.92 Å². The highest BCUT2D eigenvalue weighted by Crippen LogP contribution is 2.15. The molecule has 0 saturated heterocycles. The SMILES string of the molecule is CCCCCCC(C)Cc1cccnc1. The van der Waals surface area contributed by atoms with Crippen molar-refractivity contribution in [3.63, 3.8) is 0 Å². The van der Waals surface area contributed by atoms with Crippen LogP contribution in [-0.2, 0) is 6.42 Å². The highest BCUT2D eigenvalue weighted by Gasteiger charge is 2.03. The molecule has 0 amide bonds. The van der Waals surface area contributed by atoms with Gasteiger partial charge < -0.3 is 0 Å². The van der Waals surface area contributed by atoms with Crippen molar-refractivity contribution in [3.8, 4) is 0 Å². The van der Waals surface area contributed by atoms with Crippen molar-refractivity contribution < 1.29 is 0 Å². The van der Waals surface area contributed by atoms with Crippen LogP contribution in [0.4, 0.5) is 0 Å². The summed E-state index contributed by atoms with van der Waals surface area (Å²) in [7, 11) is 0. The Bertz CT molecular complexity index is 243. The fraction of sp³-hybridized carbons (Fsp3) is 0.643. The minimum atomic E-state index is 0.797. The third-order valence-electron chi connectivity index (χ3n) is 2.86. The van der Waals surface area contributed by atoms with Gasteiger partial charge in [0.05, 0.1) is 0 Å². The third-order valence-corrected chi connectivity index (χ3v) is 2.86. The van der Waals surface area contributed by atoms with E-state index in [0.29, 0.717) is 0 Å². The predicted octanol–water partition coefficient (Wildman–Crippen LogP) is 4.23. The molecule has 1 unspecified atom stereocenters. The minimum absolute atomic E-state index is 0.797. The molecule has 1 nitrogen and oxygen atoms in total. The topological polar surface area (TPSA) is 12.9 Å². The van der Waals surface area contributed by atoms with Gasteiger partial charge in [0.15, 0.2) is 0 Å². The first kappa shape index (κ1) is 12.2. The standard InChI is InChI=1S/C14H23N/c1-3-4-5-6-8-13(2)11-14-9-7-10-15-12-14/h7,9-10,12-13H,3-6,8,11H2,1-2H3. The lowest BCUT2D eigenvalue weighted by atomic mass is 9.96. The molecule has 0 bridgehead atoms. The zero-order chi connectivity index (χ0) is 10.9. The molecule has 1 heterocycles. The maximum atomic E-state index is 4.15. The number of unbranched alkanes of at least 4 members (excludes halogenated alkanes) is 3. The van der Waals surface area contributed by atoms with Crippen LogP contribution in [0.25, 0.3) is 0 Å². The van der Waals surface area contributed by atoms with E-state index in [4.69, 9.17) is 0 Å². The minimum Gasteiger partial charge on any atom is -0.264 e. The van der Waals surface area contributed by atoms with Crippen LogP contribution in [0.2, 0.25) is 0 Å². The predicted molar refractivity (Wildman–Crippen MR) is 65.9 cm³/mol. The van der Waals surface area contributed by atoms with Crippen molar-refractivity contribution in [3.05, 3.63) is 30.1 Å². The summed E-state index contributed by atoms with van der Waals surface area (Å²) in [5.41, 5.74) is 1.38. The molecule has 15 heavy (non-hydrogen) atoms. The highest BCUT2D eigenvalue weighted by molar-refractivity contribution is 5.08. The van der Waals surface area contributed by atoms with Crippen LogP contribution in [0.1, 0.15) is 51.5 Å². The largest absolute Gasteiger partial charge is 0.264 e. The van der Waals surface area contributed by atoms with E-state index in [1.54, 1.807) is 0 Å². The summed E-state index contributed by atoms with van der Waals surface area (Å²) in [6, 6.07) is 4.20. The Morgan fingerprint density at radius 1 is 1.27 bits per heavy atom. The van der Waals surface area contributed by atoms with Gasteiger partial charge in [0, 0.05) is 12.4 Å². The Labute approximate surface area is 93.9 Å². The van der Waals surface area contributed by atoms with Gasteiger partial charge in [0.25, 0.3) is 0 Å². The number of rotatable bonds is 7. The fourth-order valence-electron chi connectivity index (χ4n) is 1.94. The Balaban J connectivity index is 2.16. The number of pyridine rings is 1. The summed E-state index contributed by atoms with van der Waals surface area (Å²) in [5, 5.41) is 0. The van der Waals surface area contributed by atoms with E-state index in [2.05, 4.69) is 24.9 Å². The molecular formula is C14H23N. The second-order valence-electron chi connectivity index (χ2n) is 4.52. The smallest absolute Gasteiger partial charge is 0.0299 e. The summed E-state index contributed by atoms with van der Waals surface area (Å²) in [6.07, 6.45) is 11.9. The molecule has 84 valence electrons. The van der Waals surface area contributed by atoms with Gasteiger partial charge in [-0.15, -0.1) is 0 Å². The lowest BCUT2D eigenvalue weighted by Crippen LogP contribution is -2.00. The Hall–Kier alpha value is -0.850. The molecule has 1 aromatic rings. The first-order valence-electron chi connectivity index (χ1n) is 6.21. The van der Waals surface area contributed by atoms with Crippen LogP contribution < -0.4 is 0 Å². The number of nitrogens with zero attached hydrogens (tertiary/aromatic N) is 1. The second kappa shape index (κ2) is 7.44. The quantitative estimate of drug-likeness (QED) is 0.607. The summed E-state index contributed by atoms with van der Waals surface area (Å²) < 4.78 is 0. The molecule has 0 N–H and O–H groups in total. The van der Waals surface area contributed by atoms with E-state index in [-0.39, 0.29) is 0 Å². The first-order chi connectivity index (χ1) is 7.33. The Morgan fingerprint density at radius 2 is 2.13 bits per heavy atom. The van der Waals surface area contributed by atoms with E-state index < -0.39 is 0 Å². The van der Waals surface area contributed by atoms with E-state index in [0.717, 1.165) is 5.92 Å². The maximum Gasteiger partial charge on any atom is 0.0299 e. The molecule has 0 spiro atoms. The summed E-state index contributed by atoms with van der Waals surface area (Å²) in [4.78, 5) is 4.15. The van der Waals surface area contributed by atoms with Crippen molar-refractivity contribution in [2.75, 3.05) is 0 Å². The van der Waals surface area contributed by atoms with Gasteiger partial charge in [-0.2, -0.15) is 0 Å². The molecule has 1 heteroatoms. The molecule has 0 aliphatic carbocycles. The number of hydrogen-bond acceptors (Lipinski definition) is 1. The fourth-order valence-corrected chi connectivity index (χ4v) is 1.94. The maximum absolute atomic E-state index is 4.15. The van der Waals surface area contributed by atoms with Crippen LogP contribution in [0, 0.1) is 5.92 Å². The van der Waals surface area contributed by atoms with Gasteiger partial charge in [0.2, 0.25) is 0 Å². The summed E-state index contributed by atoms with van der Waals surface area (Å²) in [5.74, 6) is 0.797. The van der Waals surface area contributed by atoms with Gasteiger partial charge >= 0.3 is 0 Å². The molecule has 1 aromatic heterocycles. The molecule has 1 rings (SSSR count). The van der Waals surface area contributed by atoms with Crippen molar-refractivity contribution >= 4 is 0 Å². The van der Waals surface area contributed by atoms with Crippen LogP contribution in [0.3, 0.4) is 0 Å². The van der Waals surface area contributed by atoms with Crippen LogP contribution in [0.5, 0.6) is 0 Å². The lowest BCUT2D eigenvalue weighted by molar-refractivity contribution is 0.487. The monoisotopic (exact) mass is 205 g/mol. The average molecular weight is 205 g/mol. The summed E-state index contributed by atoms with van der Waals surface area (Å²) >= 11 is 0. The summed E-state index contributed by atoms with van der Waals surface area (Å²) in [6.45, 7) is 4.61. The average Bonchev–Trinajstić information content (AvgIpc) is 2.26. The Morgan fingerprint density at radius 3 is 2.80 bits per heavy atom. The zero-order valence-electron chi connectivity index (χ0n) is 10.1. The van der Waals surface area contributed by atoms with Gasteiger partial charge in [-0.25, -0.2) is 0 Å². The molecule has 0 fully saturated rings. The van der Waals surface area contributed by atoms with Crippen molar-refractivity contribution in [2.45, 2.75) is 52.4 Å². The highest BCUT2D eigenvalue weighted by atomic mass is 14.6. The molecule has 1 atom stereocenters.